The van der Waals surface area contributed by atoms with Crippen LogP contribution in [0.25, 0.3) is 0 Å². The molecule has 2 rings (SSSR count). The van der Waals surface area contributed by atoms with Crippen molar-refractivity contribution in [3.63, 3.8) is 0 Å². The molecule has 1 N–H and O–H groups in total. The molecule has 0 unspecified atom stereocenters. The zero-order valence-corrected chi connectivity index (χ0v) is 10.6. The lowest BCUT2D eigenvalue weighted by molar-refractivity contribution is -0.385. The van der Waals surface area contributed by atoms with Gasteiger partial charge < -0.3 is 9.88 Å². The fourth-order valence-electron chi connectivity index (χ4n) is 1.73. The first-order valence-corrected chi connectivity index (χ1v) is 5.97. The average Bonchev–Trinajstić information content (AvgIpc) is 2.87. The molecule has 0 aromatic carbocycles. The lowest BCUT2D eigenvalue weighted by Crippen LogP contribution is -2.07. The minimum Gasteiger partial charge on any atom is -0.370 e. The molecule has 7 nitrogen and oxygen atoms in total. The summed E-state index contributed by atoms with van der Waals surface area (Å²) in [6, 6.07) is 1.69. The van der Waals surface area contributed by atoms with E-state index in [4.69, 9.17) is 0 Å². The van der Waals surface area contributed by atoms with E-state index in [1.54, 1.807) is 25.5 Å². The minimum atomic E-state index is -0.425. The van der Waals surface area contributed by atoms with Gasteiger partial charge in [-0.3, -0.25) is 10.1 Å². The Morgan fingerprint density at radius 3 is 3.00 bits per heavy atom. The second-order valence-electron chi connectivity index (χ2n) is 4.19. The highest BCUT2D eigenvalue weighted by Crippen LogP contribution is 2.18. The maximum atomic E-state index is 10.7. The fourth-order valence-corrected chi connectivity index (χ4v) is 1.73. The summed E-state index contributed by atoms with van der Waals surface area (Å²) in [7, 11) is 0. The highest BCUT2D eigenvalue weighted by molar-refractivity contribution is 5.46. The number of aromatic nitrogens is 3. The number of hydrogen-bond donors (Lipinski definition) is 1. The van der Waals surface area contributed by atoms with Crippen LogP contribution in [0.2, 0.25) is 0 Å². The standard InChI is InChI=1S/C12H15N5O2/c1-10-7-12(15-8-11(10)17(18)19)14-3-2-5-16-6-4-13-9-16/h4,6-9H,2-3,5H2,1H3,(H,14,15). The van der Waals surface area contributed by atoms with Gasteiger partial charge >= 0.3 is 0 Å². The van der Waals surface area contributed by atoms with Crippen LogP contribution in [-0.2, 0) is 6.54 Å². The van der Waals surface area contributed by atoms with E-state index in [2.05, 4.69) is 15.3 Å². The van der Waals surface area contributed by atoms with Gasteiger partial charge in [0, 0.05) is 31.0 Å². The molecule has 2 heterocycles. The third kappa shape index (κ3) is 3.51. The number of pyridine rings is 1. The minimum absolute atomic E-state index is 0.0453. The lowest BCUT2D eigenvalue weighted by atomic mass is 10.2. The molecule has 0 spiro atoms. The zero-order chi connectivity index (χ0) is 13.7. The summed E-state index contributed by atoms with van der Waals surface area (Å²) in [6.45, 7) is 3.33. The molecule has 7 heteroatoms. The van der Waals surface area contributed by atoms with Gasteiger partial charge in [-0.1, -0.05) is 0 Å². The predicted octanol–water partition coefficient (Wildman–Crippen LogP) is 2.00. The van der Waals surface area contributed by atoms with Gasteiger partial charge in [-0.05, 0) is 19.4 Å². The van der Waals surface area contributed by atoms with Crippen molar-refractivity contribution in [2.45, 2.75) is 19.9 Å². The van der Waals surface area contributed by atoms with Crippen LogP contribution in [0.5, 0.6) is 0 Å². The van der Waals surface area contributed by atoms with Crippen LogP contribution in [-0.4, -0.2) is 26.0 Å². The first-order chi connectivity index (χ1) is 9.16. The van der Waals surface area contributed by atoms with E-state index in [9.17, 15) is 10.1 Å². The molecule has 0 bridgehead atoms. The van der Waals surface area contributed by atoms with Crippen LogP contribution in [0.15, 0.2) is 31.0 Å². The summed E-state index contributed by atoms with van der Waals surface area (Å²) in [5.74, 6) is 0.661. The number of aryl methyl sites for hydroxylation is 2. The largest absolute Gasteiger partial charge is 0.370 e. The van der Waals surface area contributed by atoms with Crippen LogP contribution in [0.1, 0.15) is 12.0 Å². The predicted molar refractivity (Wildman–Crippen MR) is 71.0 cm³/mol. The van der Waals surface area contributed by atoms with E-state index in [1.165, 1.54) is 6.20 Å². The van der Waals surface area contributed by atoms with Crippen molar-refractivity contribution in [3.05, 3.63) is 46.7 Å². The molecule has 0 saturated heterocycles. The molecule has 2 aromatic rings. The van der Waals surface area contributed by atoms with Crippen molar-refractivity contribution >= 4 is 11.5 Å². The molecular formula is C12H15N5O2. The second-order valence-corrected chi connectivity index (χ2v) is 4.19. The van der Waals surface area contributed by atoms with E-state index in [-0.39, 0.29) is 5.69 Å². The Balaban J connectivity index is 1.83. The molecular weight excluding hydrogens is 246 g/mol. The van der Waals surface area contributed by atoms with Crippen molar-refractivity contribution in [3.8, 4) is 0 Å². The first-order valence-electron chi connectivity index (χ1n) is 5.97. The number of anilines is 1. The Bertz CT molecular complexity index is 553. The molecule has 0 radical (unpaired) electrons. The van der Waals surface area contributed by atoms with Crippen LogP contribution < -0.4 is 5.32 Å². The number of rotatable bonds is 6. The summed E-state index contributed by atoms with van der Waals surface area (Å²) in [5.41, 5.74) is 0.654. The van der Waals surface area contributed by atoms with E-state index in [0.29, 0.717) is 11.4 Å². The van der Waals surface area contributed by atoms with Crippen molar-refractivity contribution in [1.29, 1.82) is 0 Å². The Morgan fingerprint density at radius 1 is 1.53 bits per heavy atom. The maximum absolute atomic E-state index is 10.7. The third-order valence-electron chi connectivity index (χ3n) is 2.74. The molecule has 0 saturated carbocycles. The number of nitrogens with one attached hydrogen (secondary N) is 1. The van der Waals surface area contributed by atoms with Gasteiger partial charge in [0.2, 0.25) is 0 Å². The number of hydrogen-bond acceptors (Lipinski definition) is 5. The Labute approximate surface area is 110 Å². The Hall–Kier alpha value is -2.44. The lowest BCUT2D eigenvalue weighted by Gasteiger charge is -2.06. The highest BCUT2D eigenvalue weighted by atomic mass is 16.6. The molecule has 19 heavy (non-hydrogen) atoms. The normalized spacial score (nSPS) is 10.4. The van der Waals surface area contributed by atoms with Crippen molar-refractivity contribution < 1.29 is 4.92 Å². The van der Waals surface area contributed by atoms with Crippen LogP contribution in [0.4, 0.5) is 11.5 Å². The van der Waals surface area contributed by atoms with E-state index in [1.807, 2.05) is 10.8 Å². The summed E-state index contributed by atoms with van der Waals surface area (Å²) in [5, 5.41) is 13.8. The number of nitro groups is 1. The van der Waals surface area contributed by atoms with Gasteiger partial charge in [0.05, 0.1) is 11.3 Å². The molecule has 0 aliphatic rings. The second kappa shape index (κ2) is 5.94. The van der Waals surface area contributed by atoms with Gasteiger partial charge in [0.1, 0.15) is 12.0 Å². The Morgan fingerprint density at radius 2 is 2.37 bits per heavy atom. The summed E-state index contributed by atoms with van der Waals surface area (Å²) < 4.78 is 2.00. The summed E-state index contributed by atoms with van der Waals surface area (Å²) >= 11 is 0. The Kier molecular flexibility index (Phi) is 4.07. The number of nitrogens with zero attached hydrogens (tertiary/aromatic N) is 4. The smallest absolute Gasteiger partial charge is 0.290 e. The van der Waals surface area contributed by atoms with Gasteiger partial charge in [-0.25, -0.2) is 9.97 Å². The molecule has 0 amide bonds. The van der Waals surface area contributed by atoms with Crippen LogP contribution in [0, 0.1) is 17.0 Å². The molecule has 0 aliphatic heterocycles. The summed E-state index contributed by atoms with van der Waals surface area (Å²) in [4.78, 5) is 18.2. The number of imidazole rings is 1. The van der Waals surface area contributed by atoms with E-state index >= 15 is 0 Å². The molecule has 0 atom stereocenters. The van der Waals surface area contributed by atoms with Crippen LogP contribution in [0.3, 0.4) is 0 Å². The first kappa shape index (κ1) is 13.0. The van der Waals surface area contributed by atoms with E-state index in [0.717, 1.165) is 19.5 Å². The maximum Gasteiger partial charge on any atom is 0.290 e. The van der Waals surface area contributed by atoms with Gasteiger partial charge in [0.25, 0.3) is 5.69 Å². The molecule has 2 aromatic heterocycles. The molecule has 100 valence electrons. The highest BCUT2D eigenvalue weighted by Gasteiger charge is 2.10. The topological polar surface area (TPSA) is 85.9 Å². The van der Waals surface area contributed by atoms with Gasteiger partial charge in [0.15, 0.2) is 0 Å². The SMILES string of the molecule is Cc1cc(NCCCn2ccnc2)ncc1[N+](=O)[O-]. The molecule has 0 aliphatic carbocycles. The van der Waals surface area contributed by atoms with Gasteiger partial charge in [-0.15, -0.1) is 0 Å². The fraction of sp³-hybridized carbons (Fsp3) is 0.333. The zero-order valence-electron chi connectivity index (χ0n) is 10.6. The van der Waals surface area contributed by atoms with E-state index < -0.39 is 4.92 Å². The monoisotopic (exact) mass is 261 g/mol. The average molecular weight is 261 g/mol. The van der Waals surface area contributed by atoms with Gasteiger partial charge in [-0.2, -0.15) is 0 Å². The quantitative estimate of drug-likeness (QED) is 0.488. The van der Waals surface area contributed by atoms with Crippen molar-refractivity contribution in [1.82, 2.24) is 14.5 Å². The third-order valence-corrected chi connectivity index (χ3v) is 2.74. The van der Waals surface area contributed by atoms with Crippen molar-refractivity contribution in [2.75, 3.05) is 11.9 Å². The van der Waals surface area contributed by atoms with Crippen LogP contribution >= 0.6 is 0 Å². The summed E-state index contributed by atoms with van der Waals surface area (Å²) in [6.07, 6.45) is 7.64. The van der Waals surface area contributed by atoms with Crippen molar-refractivity contribution in [2.24, 2.45) is 0 Å². The molecule has 0 fully saturated rings.